The second kappa shape index (κ2) is 3.23. The fourth-order valence-corrected chi connectivity index (χ4v) is 1.04. The Morgan fingerprint density at radius 1 is 1.75 bits per heavy atom. The van der Waals surface area contributed by atoms with Crippen LogP contribution in [0.1, 0.15) is 0 Å². The lowest BCUT2D eigenvalue weighted by Crippen LogP contribution is -2.26. The van der Waals surface area contributed by atoms with Gasteiger partial charge < -0.3 is 5.21 Å². The molecule has 2 nitrogen and oxygen atoms in total. The number of hydrogen-bond acceptors (Lipinski definition) is 2. The maximum Gasteiger partial charge on any atom is 0.213 e. The Hall–Kier alpha value is -0.900. The third-order valence-electron chi connectivity index (χ3n) is 1.48. The van der Waals surface area contributed by atoms with Crippen LogP contribution in [0.2, 0.25) is 0 Å². The molecule has 0 aliphatic heterocycles. The van der Waals surface area contributed by atoms with Crippen LogP contribution >= 0.6 is 11.6 Å². The van der Waals surface area contributed by atoms with E-state index in [2.05, 4.69) is 5.16 Å². The molecule has 0 bridgehead atoms. The molecule has 0 radical (unpaired) electrons. The standard InChI is InChI=1S/C7H6ClF2NO/c8-7(10)2-1-6(9)3-5(7)4-11-12/h1-5,12H/b11-4+/t5-,7+/m1/s1. The summed E-state index contributed by atoms with van der Waals surface area (Å²) in [5, 5.41) is 8.49. The lowest BCUT2D eigenvalue weighted by molar-refractivity contribution is 0.291. The van der Waals surface area contributed by atoms with Gasteiger partial charge in [-0.05, 0) is 18.2 Å². The van der Waals surface area contributed by atoms with Gasteiger partial charge in [-0.1, -0.05) is 11.6 Å². The molecule has 0 saturated heterocycles. The lowest BCUT2D eigenvalue weighted by Gasteiger charge is -2.21. The first-order valence-electron chi connectivity index (χ1n) is 3.18. The van der Waals surface area contributed by atoms with E-state index in [1.54, 1.807) is 0 Å². The van der Waals surface area contributed by atoms with E-state index in [-0.39, 0.29) is 0 Å². The molecule has 1 N–H and O–H groups in total. The Labute approximate surface area is 72.8 Å². The second-order valence-corrected chi connectivity index (χ2v) is 2.93. The van der Waals surface area contributed by atoms with Crippen molar-refractivity contribution in [3.63, 3.8) is 0 Å². The van der Waals surface area contributed by atoms with Crippen LogP contribution in [0.25, 0.3) is 0 Å². The number of oxime groups is 1. The predicted octanol–water partition coefficient (Wildman–Crippen LogP) is 2.39. The van der Waals surface area contributed by atoms with Gasteiger partial charge in [0.1, 0.15) is 5.83 Å². The topological polar surface area (TPSA) is 32.6 Å². The molecular weight excluding hydrogens is 188 g/mol. The quantitative estimate of drug-likeness (QED) is 0.295. The first-order valence-corrected chi connectivity index (χ1v) is 3.56. The van der Waals surface area contributed by atoms with Crippen molar-refractivity contribution in [2.45, 2.75) is 5.13 Å². The third-order valence-corrected chi connectivity index (χ3v) is 1.85. The normalized spacial score (nSPS) is 35.6. The number of nitrogens with zero attached hydrogens (tertiary/aromatic N) is 1. The van der Waals surface area contributed by atoms with Gasteiger partial charge in [-0.25, -0.2) is 8.78 Å². The summed E-state index contributed by atoms with van der Waals surface area (Å²) >= 11 is 5.32. The predicted molar refractivity (Wildman–Crippen MR) is 41.8 cm³/mol. The highest BCUT2D eigenvalue weighted by atomic mass is 35.5. The van der Waals surface area contributed by atoms with Crippen LogP contribution in [0.15, 0.2) is 29.2 Å². The van der Waals surface area contributed by atoms with Crippen molar-refractivity contribution >= 4 is 17.8 Å². The van der Waals surface area contributed by atoms with E-state index >= 15 is 0 Å². The van der Waals surface area contributed by atoms with Crippen molar-refractivity contribution in [1.29, 1.82) is 0 Å². The molecule has 0 aromatic heterocycles. The summed E-state index contributed by atoms with van der Waals surface area (Å²) in [7, 11) is 0. The smallest absolute Gasteiger partial charge is 0.213 e. The molecule has 2 atom stereocenters. The summed E-state index contributed by atoms with van der Waals surface area (Å²) < 4.78 is 25.7. The highest BCUT2D eigenvalue weighted by Crippen LogP contribution is 2.33. The number of hydrogen-bond donors (Lipinski definition) is 1. The summed E-state index contributed by atoms with van der Waals surface area (Å²) in [4.78, 5) is 0. The number of rotatable bonds is 1. The molecule has 1 aliphatic carbocycles. The molecule has 66 valence electrons. The monoisotopic (exact) mass is 193 g/mol. The fraction of sp³-hybridized carbons (Fsp3) is 0.286. The van der Waals surface area contributed by atoms with Crippen LogP contribution in [0.4, 0.5) is 8.78 Å². The highest BCUT2D eigenvalue weighted by Gasteiger charge is 2.34. The molecule has 1 aliphatic rings. The van der Waals surface area contributed by atoms with Gasteiger partial charge in [-0.15, -0.1) is 5.16 Å². The lowest BCUT2D eigenvalue weighted by atomic mass is 9.99. The molecular formula is C7H6ClF2NO. The maximum atomic E-state index is 13.2. The van der Waals surface area contributed by atoms with Gasteiger partial charge in [0.05, 0.1) is 12.1 Å². The highest BCUT2D eigenvalue weighted by molar-refractivity contribution is 6.25. The summed E-state index contributed by atoms with van der Waals surface area (Å²) in [6, 6.07) is 0. The van der Waals surface area contributed by atoms with Crippen LogP contribution in [0.3, 0.4) is 0 Å². The zero-order chi connectivity index (χ0) is 9.19. The summed E-state index contributed by atoms with van der Waals surface area (Å²) in [5.41, 5.74) is 0. The first kappa shape index (κ1) is 9.19. The second-order valence-electron chi connectivity index (χ2n) is 2.35. The van der Waals surface area contributed by atoms with Crippen molar-refractivity contribution in [1.82, 2.24) is 0 Å². The van der Waals surface area contributed by atoms with Gasteiger partial charge in [-0.2, -0.15) is 0 Å². The van der Waals surface area contributed by atoms with E-state index in [0.29, 0.717) is 0 Å². The largest absolute Gasteiger partial charge is 0.411 e. The Balaban J connectivity index is 2.90. The maximum absolute atomic E-state index is 13.2. The molecule has 0 heterocycles. The molecule has 1 rings (SSSR count). The number of allylic oxidation sites excluding steroid dienone is 4. The van der Waals surface area contributed by atoms with E-state index < -0.39 is 16.9 Å². The van der Waals surface area contributed by atoms with E-state index in [4.69, 9.17) is 16.8 Å². The Morgan fingerprint density at radius 2 is 2.42 bits per heavy atom. The molecule has 0 fully saturated rings. The van der Waals surface area contributed by atoms with Crippen molar-refractivity contribution in [3.8, 4) is 0 Å². The molecule has 0 amide bonds. The van der Waals surface area contributed by atoms with E-state index in [1.165, 1.54) is 0 Å². The van der Waals surface area contributed by atoms with Gasteiger partial charge in [0.25, 0.3) is 0 Å². The van der Waals surface area contributed by atoms with E-state index in [0.717, 1.165) is 24.4 Å². The van der Waals surface area contributed by atoms with Crippen molar-refractivity contribution in [2.75, 3.05) is 0 Å². The van der Waals surface area contributed by atoms with Gasteiger partial charge >= 0.3 is 0 Å². The van der Waals surface area contributed by atoms with Crippen molar-refractivity contribution in [2.24, 2.45) is 11.1 Å². The summed E-state index contributed by atoms with van der Waals surface area (Å²) in [6.07, 6.45) is 3.56. The Bertz CT molecular complexity index is 260. The number of alkyl halides is 2. The SMILES string of the molecule is O/N=C/[C@H]1C=C(F)C=C[C@@]1(F)Cl. The molecule has 0 aromatic carbocycles. The van der Waals surface area contributed by atoms with Crippen LogP contribution in [0.5, 0.6) is 0 Å². The van der Waals surface area contributed by atoms with Gasteiger partial charge in [0.2, 0.25) is 5.13 Å². The van der Waals surface area contributed by atoms with Gasteiger partial charge in [0.15, 0.2) is 0 Å². The van der Waals surface area contributed by atoms with Crippen molar-refractivity contribution < 1.29 is 14.0 Å². The van der Waals surface area contributed by atoms with Crippen LogP contribution in [0, 0.1) is 5.92 Å². The fourth-order valence-electron chi connectivity index (χ4n) is 0.854. The van der Waals surface area contributed by atoms with E-state index in [9.17, 15) is 8.78 Å². The van der Waals surface area contributed by atoms with E-state index in [1.807, 2.05) is 0 Å². The third kappa shape index (κ3) is 1.82. The van der Waals surface area contributed by atoms with Crippen molar-refractivity contribution in [3.05, 3.63) is 24.1 Å². The zero-order valence-corrected chi connectivity index (χ0v) is 6.67. The molecule has 5 heteroatoms. The molecule has 0 saturated carbocycles. The Kier molecular flexibility index (Phi) is 2.47. The summed E-state index contributed by atoms with van der Waals surface area (Å²) in [5.74, 6) is -1.68. The minimum absolute atomic E-state index is 0.603. The number of halogens is 3. The van der Waals surface area contributed by atoms with Crippen LogP contribution in [-0.4, -0.2) is 16.5 Å². The minimum atomic E-state index is -2.21. The van der Waals surface area contributed by atoms with Crippen LogP contribution in [-0.2, 0) is 0 Å². The average Bonchev–Trinajstić information content (AvgIpc) is 1.98. The zero-order valence-electron chi connectivity index (χ0n) is 5.92. The summed E-state index contributed by atoms with van der Waals surface area (Å²) in [6.45, 7) is 0. The minimum Gasteiger partial charge on any atom is -0.411 e. The van der Waals surface area contributed by atoms with Crippen LogP contribution < -0.4 is 0 Å². The average molecular weight is 194 g/mol. The van der Waals surface area contributed by atoms with Gasteiger partial charge in [-0.3, -0.25) is 0 Å². The molecule has 0 aromatic rings. The Morgan fingerprint density at radius 3 is 3.00 bits per heavy atom. The molecule has 0 unspecified atom stereocenters. The first-order chi connectivity index (χ1) is 5.56. The molecule has 12 heavy (non-hydrogen) atoms. The van der Waals surface area contributed by atoms with Gasteiger partial charge in [0, 0.05) is 0 Å². The molecule has 0 spiro atoms.